The minimum absolute atomic E-state index is 0.295. The molecule has 2 aromatic rings. The Balaban J connectivity index is 2.45. The summed E-state index contributed by atoms with van der Waals surface area (Å²) in [5, 5.41) is 2.03. The molecule has 0 aliphatic heterocycles. The number of benzene rings is 1. The van der Waals surface area contributed by atoms with Crippen molar-refractivity contribution in [3.63, 3.8) is 0 Å². The molecule has 0 fully saturated rings. The first-order valence-corrected chi connectivity index (χ1v) is 6.75. The molecular weight excluding hydrogens is 249 g/mol. The van der Waals surface area contributed by atoms with E-state index in [1.165, 1.54) is 6.07 Å². The molecule has 1 heterocycles. The Hall–Kier alpha value is -1.39. The van der Waals surface area contributed by atoms with E-state index in [4.69, 9.17) is 10.5 Å². The van der Waals surface area contributed by atoms with Gasteiger partial charge in [-0.25, -0.2) is 4.39 Å². The largest absolute Gasteiger partial charge is 0.491 e. The lowest BCUT2D eigenvalue weighted by molar-refractivity contribution is 0.321. The van der Waals surface area contributed by atoms with Gasteiger partial charge in [-0.2, -0.15) is 0 Å². The number of rotatable bonds is 4. The van der Waals surface area contributed by atoms with Crippen LogP contribution in [0, 0.1) is 12.7 Å². The SMILES string of the molecule is CCOc1ccc(-c2c(CN)csc2C)cc1F. The van der Waals surface area contributed by atoms with Gasteiger partial charge in [0.15, 0.2) is 11.6 Å². The van der Waals surface area contributed by atoms with Gasteiger partial charge in [0.05, 0.1) is 6.61 Å². The first-order valence-electron chi connectivity index (χ1n) is 5.87. The zero-order valence-electron chi connectivity index (χ0n) is 10.5. The average molecular weight is 265 g/mol. The van der Waals surface area contributed by atoms with Gasteiger partial charge in [-0.3, -0.25) is 0 Å². The molecule has 0 bridgehead atoms. The zero-order chi connectivity index (χ0) is 13.1. The van der Waals surface area contributed by atoms with Crippen molar-refractivity contribution in [2.75, 3.05) is 6.61 Å². The Labute approximate surface area is 110 Å². The lowest BCUT2D eigenvalue weighted by Crippen LogP contribution is -1.98. The summed E-state index contributed by atoms with van der Waals surface area (Å²) in [6, 6.07) is 5.06. The van der Waals surface area contributed by atoms with Crippen LogP contribution in [0.5, 0.6) is 5.75 Å². The molecule has 0 radical (unpaired) electrons. The molecule has 1 aromatic heterocycles. The van der Waals surface area contributed by atoms with E-state index >= 15 is 0 Å². The molecule has 0 unspecified atom stereocenters. The smallest absolute Gasteiger partial charge is 0.165 e. The van der Waals surface area contributed by atoms with Crippen molar-refractivity contribution in [1.82, 2.24) is 0 Å². The van der Waals surface area contributed by atoms with Gasteiger partial charge in [0.1, 0.15) is 0 Å². The number of hydrogen-bond donors (Lipinski definition) is 1. The highest BCUT2D eigenvalue weighted by Crippen LogP contribution is 2.34. The Bertz CT molecular complexity index is 551. The molecule has 96 valence electrons. The Morgan fingerprint density at radius 3 is 2.78 bits per heavy atom. The molecule has 18 heavy (non-hydrogen) atoms. The first kappa shape index (κ1) is 13.1. The van der Waals surface area contributed by atoms with Crippen molar-refractivity contribution < 1.29 is 9.13 Å². The van der Waals surface area contributed by atoms with Crippen LogP contribution in [-0.2, 0) is 6.54 Å². The molecule has 2 N–H and O–H groups in total. The molecule has 0 atom stereocenters. The average Bonchev–Trinajstić information content (AvgIpc) is 2.73. The number of ether oxygens (including phenoxy) is 1. The van der Waals surface area contributed by atoms with Crippen LogP contribution in [0.2, 0.25) is 0 Å². The zero-order valence-corrected chi connectivity index (χ0v) is 11.3. The number of aryl methyl sites for hydroxylation is 1. The highest BCUT2D eigenvalue weighted by molar-refractivity contribution is 7.10. The molecule has 4 heteroatoms. The first-order chi connectivity index (χ1) is 8.67. The third-order valence-electron chi connectivity index (χ3n) is 2.79. The standard InChI is InChI=1S/C14H16FNOS/c1-3-17-13-5-4-10(6-12(13)15)14-9(2)18-8-11(14)7-16/h4-6,8H,3,7,16H2,1-2H3. The fourth-order valence-electron chi connectivity index (χ4n) is 1.97. The normalized spacial score (nSPS) is 10.7. The van der Waals surface area contributed by atoms with Gasteiger partial charge >= 0.3 is 0 Å². The molecule has 2 nitrogen and oxygen atoms in total. The van der Waals surface area contributed by atoms with E-state index in [2.05, 4.69) is 0 Å². The lowest BCUT2D eigenvalue weighted by Gasteiger charge is -2.08. The lowest BCUT2D eigenvalue weighted by atomic mass is 10.0. The van der Waals surface area contributed by atoms with Gasteiger partial charge in [-0.05, 0) is 48.1 Å². The van der Waals surface area contributed by atoms with E-state index in [-0.39, 0.29) is 5.82 Å². The summed E-state index contributed by atoms with van der Waals surface area (Å²) in [6.07, 6.45) is 0. The van der Waals surface area contributed by atoms with Crippen molar-refractivity contribution in [2.24, 2.45) is 5.73 Å². The van der Waals surface area contributed by atoms with E-state index in [9.17, 15) is 4.39 Å². The van der Waals surface area contributed by atoms with Crippen LogP contribution < -0.4 is 10.5 Å². The molecule has 0 saturated carbocycles. The third kappa shape index (κ3) is 2.40. The number of thiophene rings is 1. The topological polar surface area (TPSA) is 35.2 Å². The van der Waals surface area contributed by atoms with Crippen molar-refractivity contribution in [2.45, 2.75) is 20.4 Å². The van der Waals surface area contributed by atoms with Gasteiger partial charge in [0.2, 0.25) is 0 Å². The minimum Gasteiger partial charge on any atom is -0.491 e. The maximum absolute atomic E-state index is 13.8. The molecule has 0 aliphatic rings. The van der Waals surface area contributed by atoms with Crippen molar-refractivity contribution in [1.29, 1.82) is 0 Å². The van der Waals surface area contributed by atoms with Crippen LogP contribution in [-0.4, -0.2) is 6.61 Å². The van der Waals surface area contributed by atoms with Crippen LogP contribution >= 0.6 is 11.3 Å². The fourth-order valence-corrected chi connectivity index (χ4v) is 2.87. The van der Waals surface area contributed by atoms with Gasteiger partial charge in [0, 0.05) is 11.4 Å². The molecule has 2 rings (SSSR count). The number of nitrogens with two attached hydrogens (primary N) is 1. The van der Waals surface area contributed by atoms with Gasteiger partial charge in [-0.1, -0.05) is 6.07 Å². The summed E-state index contributed by atoms with van der Waals surface area (Å²) in [6.45, 7) is 4.78. The van der Waals surface area contributed by atoms with E-state index in [0.717, 1.165) is 21.6 Å². The van der Waals surface area contributed by atoms with E-state index < -0.39 is 0 Å². The molecule has 0 spiro atoms. The molecule has 0 saturated heterocycles. The third-order valence-corrected chi connectivity index (χ3v) is 3.75. The van der Waals surface area contributed by atoms with Gasteiger partial charge in [0.25, 0.3) is 0 Å². The molecule has 1 aromatic carbocycles. The minimum atomic E-state index is -0.331. The highest BCUT2D eigenvalue weighted by atomic mass is 32.1. The Morgan fingerprint density at radius 1 is 1.39 bits per heavy atom. The second kappa shape index (κ2) is 5.50. The van der Waals surface area contributed by atoms with Crippen LogP contribution in [0.3, 0.4) is 0 Å². The summed E-state index contributed by atoms with van der Waals surface area (Å²) in [5.74, 6) is -0.0358. The summed E-state index contributed by atoms with van der Waals surface area (Å²) >= 11 is 1.64. The Morgan fingerprint density at radius 2 is 2.17 bits per heavy atom. The highest BCUT2D eigenvalue weighted by Gasteiger charge is 2.12. The second-order valence-corrected chi connectivity index (χ2v) is 5.06. The monoisotopic (exact) mass is 265 g/mol. The van der Waals surface area contributed by atoms with Crippen molar-refractivity contribution in [3.05, 3.63) is 39.8 Å². The maximum atomic E-state index is 13.8. The van der Waals surface area contributed by atoms with Crippen LogP contribution in [0.1, 0.15) is 17.4 Å². The number of hydrogen-bond acceptors (Lipinski definition) is 3. The fraction of sp³-hybridized carbons (Fsp3) is 0.286. The maximum Gasteiger partial charge on any atom is 0.165 e. The quantitative estimate of drug-likeness (QED) is 0.914. The van der Waals surface area contributed by atoms with Crippen LogP contribution in [0.25, 0.3) is 11.1 Å². The summed E-state index contributed by atoms with van der Waals surface area (Å²) < 4.78 is 19.0. The molecular formula is C14H16FNOS. The van der Waals surface area contributed by atoms with Crippen LogP contribution in [0.15, 0.2) is 23.6 Å². The van der Waals surface area contributed by atoms with E-state index in [0.29, 0.717) is 18.9 Å². The predicted octanol–water partition coefficient (Wildman–Crippen LogP) is 3.72. The van der Waals surface area contributed by atoms with Crippen molar-refractivity contribution >= 4 is 11.3 Å². The van der Waals surface area contributed by atoms with Gasteiger partial charge in [-0.15, -0.1) is 11.3 Å². The van der Waals surface area contributed by atoms with E-state index in [1.807, 2.05) is 25.3 Å². The van der Waals surface area contributed by atoms with Gasteiger partial charge < -0.3 is 10.5 Å². The number of halogens is 1. The Kier molecular flexibility index (Phi) is 3.99. The van der Waals surface area contributed by atoms with E-state index in [1.54, 1.807) is 17.4 Å². The second-order valence-electron chi connectivity index (χ2n) is 3.97. The summed E-state index contributed by atoms with van der Waals surface area (Å²) in [4.78, 5) is 1.15. The molecule has 0 amide bonds. The molecule has 0 aliphatic carbocycles. The summed E-state index contributed by atoms with van der Waals surface area (Å²) in [5.41, 5.74) is 8.66. The van der Waals surface area contributed by atoms with Crippen molar-refractivity contribution in [3.8, 4) is 16.9 Å². The predicted molar refractivity (Wildman–Crippen MR) is 73.5 cm³/mol. The summed E-state index contributed by atoms with van der Waals surface area (Å²) in [7, 11) is 0. The van der Waals surface area contributed by atoms with Crippen LogP contribution in [0.4, 0.5) is 4.39 Å².